The van der Waals surface area contributed by atoms with E-state index < -0.39 is 6.10 Å². The third-order valence-corrected chi connectivity index (χ3v) is 9.82. The molecule has 0 rings (SSSR count). The third kappa shape index (κ3) is 45.4. The number of carbonyl (C=O) groups is 3. The van der Waals surface area contributed by atoms with Crippen LogP contribution < -0.4 is 0 Å². The summed E-state index contributed by atoms with van der Waals surface area (Å²) in [7, 11) is 0. The van der Waals surface area contributed by atoms with Crippen LogP contribution in [0.2, 0.25) is 0 Å². The lowest BCUT2D eigenvalue weighted by atomic mass is 10.1. The van der Waals surface area contributed by atoms with Crippen molar-refractivity contribution in [2.24, 2.45) is 0 Å². The molecule has 0 spiro atoms. The van der Waals surface area contributed by atoms with Crippen LogP contribution in [0.4, 0.5) is 0 Å². The van der Waals surface area contributed by atoms with Crippen molar-refractivity contribution in [3.05, 3.63) is 97.2 Å². The molecule has 0 aromatic carbocycles. The van der Waals surface area contributed by atoms with Gasteiger partial charge < -0.3 is 14.2 Å². The summed E-state index contributed by atoms with van der Waals surface area (Å²) < 4.78 is 16.7. The van der Waals surface area contributed by atoms with Gasteiger partial charge in [-0.1, -0.05) is 182 Å². The topological polar surface area (TPSA) is 78.9 Å². The van der Waals surface area contributed by atoms with Gasteiger partial charge in [0.25, 0.3) is 0 Å². The highest BCUT2D eigenvalue weighted by atomic mass is 16.6. The molecule has 0 aliphatic rings. The number of ether oxygens (including phenoxy) is 3. The van der Waals surface area contributed by atoms with E-state index >= 15 is 0 Å². The van der Waals surface area contributed by atoms with Crippen molar-refractivity contribution in [1.82, 2.24) is 0 Å². The number of carbonyl (C=O) groups excluding carboxylic acids is 3. The lowest BCUT2D eigenvalue weighted by molar-refractivity contribution is -0.167. The Hall–Kier alpha value is -3.67. The second kappa shape index (κ2) is 48.0. The third-order valence-electron chi connectivity index (χ3n) is 9.82. The first-order chi connectivity index (χ1) is 29.5. The van der Waals surface area contributed by atoms with Gasteiger partial charge in [-0.3, -0.25) is 14.4 Å². The molecule has 0 fully saturated rings. The van der Waals surface area contributed by atoms with E-state index in [1.54, 1.807) is 0 Å². The zero-order chi connectivity index (χ0) is 43.7. The van der Waals surface area contributed by atoms with Gasteiger partial charge in [0.05, 0.1) is 0 Å². The molecule has 0 saturated carbocycles. The minimum absolute atomic E-state index is 0.113. The summed E-state index contributed by atoms with van der Waals surface area (Å²) in [5, 5.41) is 0. The maximum atomic E-state index is 12.8. The summed E-state index contributed by atoms with van der Waals surface area (Å²) in [5.74, 6) is -1.01. The summed E-state index contributed by atoms with van der Waals surface area (Å²) in [6, 6.07) is 0. The Kier molecular flexibility index (Phi) is 45.1. The smallest absolute Gasteiger partial charge is 0.306 e. The molecule has 60 heavy (non-hydrogen) atoms. The Morgan fingerprint density at radius 2 is 0.733 bits per heavy atom. The monoisotopic (exact) mass is 833 g/mol. The molecule has 0 radical (unpaired) electrons. The van der Waals surface area contributed by atoms with E-state index in [0.717, 1.165) is 96.3 Å². The Balaban J connectivity index is 4.52. The van der Waals surface area contributed by atoms with Gasteiger partial charge in [-0.25, -0.2) is 0 Å². The summed E-state index contributed by atoms with van der Waals surface area (Å²) >= 11 is 0. The Morgan fingerprint density at radius 3 is 1.25 bits per heavy atom. The van der Waals surface area contributed by atoms with Gasteiger partial charge >= 0.3 is 17.9 Å². The molecule has 0 aromatic heterocycles. The minimum atomic E-state index is -0.814. The SMILES string of the molecule is CC/C=C\C/C=C\CCCCCCCCCC(=O)OC(COC(=O)CCC/C=C\C/C=C\C/C=C\C/C=C\CCCCC)COC(=O)CCCCC/C=C\C=C/CCCC. The first kappa shape index (κ1) is 56.3. The number of unbranched alkanes of at least 4 members (excludes halogenated alkanes) is 16. The first-order valence-electron chi connectivity index (χ1n) is 24.3. The molecule has 0 aliphatic heterocycles. The first-order valence-corrected chi connectivity index (χ1v) is 24.3. The molecule has 0 amide bonds. The molecule has 0 saturated heterocycles. The van der Waals surface area contributed by atoms with Crippen molar-refractivity contribution < 1.29 is 28.6 Å². The standard InChI is InChI=1S/C54H88O6/c1-4-7-10-13-16-19-22-24-26-27-28-30-32-35-38-41-44-47-53(56)59-50-51(49-58-52(55)46-43-40-37-34-31-21-18-15-12-9-6-3)60-54(57)48-45-42-39-36-33-29-25-23-20-17-14-11-8-5-2/h8,11,15-21,24,26,28,30-31,35,38,51H,4-7,9-10,12-14,22-23,25,27,29,32-34,36-37,39-50H2,1-3H3/b11-8-,18-15-,19-16-,20-17-,26-24-,30-28-,31-21-,38-35-. The molecule has 6 heteroatoms. The zero-order valence-electron chi connectivity index (χ0n) is 38.7. The zero-order valence-corrected chi connectivity index (χ0v) is 38.7. The summed E-state index contributed by atoms with van der Waals surface area (Å²) in [5.41, 5.74) is 0. The van der Waals surface area contributed by atoms with E-state index in [9.17, 15) is 14.4 Å². The van der Waals surface area contributed by atoms with Crippen molar-refractivity contribution in [2.45, 2.75) is 213 Å². The maximum Gasteiger partial charge on any atom is 0.306 e. The van der Waals surface area contributed by atoms with Gasteiger partial charge in [-0.15, -0.1) is 0 Å². The molecule has 340 valence electrons. The molecule has 0 aromatic rings. The fourth-order valence-electron chi connectivity index (χ4n) is 6.15. The highest BCUT2D eigenvalue weighted by molar-refractivity contribution is 5.71. The van der Waals surface area contributed by atoms with Gasteiger partial charge in [0.2, 0.25) is 0 Å². The quantitative estimate of drug-likeness (QED) is 0.0200. The number of hydrogen-bond donors (Lipinski definition) is 0. The van der Waals surface area contributed by atoms with Crippen molar-refractivity contribution in [1.29, 1.82) is 0 Å². The van der Waals surface area contributed by atoms with Crippen molar-refractivity contribution >= 4 is 17.9 Å². The van der Waals surface area contributed by atoms with Gasteiger partial charge in [0.15, 0.2) is 6.10 Å². The average molecular weight is 833 g/mol. The van der Waals surface area contributed by atoms with Crippen LogP contribution in [-0.2, 0) is 28.6 Å². The number of esters is 3. The predicted molar refractivity (Wildman–Crippen MR) is 256 cm³/mol. The summed E-state index contributed by atoms with van der Waals surface area (Å²) in [4.78, 5) is 37.8. The van der Waals surface area contributed by atoms with Crippen LogP contribution in [0.3, 0.4) is 0 Å². The van der Waals surface area contributed by atoms with Crippen LogP contribution in [0.1, 0.15) is 207 Å². The van der Waals surface area contributed by atoms with E-state index in [4.69, 9.17) is 14.2 Å². The molecular weight excluding hydrogens is 745 g/mol. The average Bonchev–Trinajstić information content (AvgIpc) is 3.24. The van der Waals surface area contributed by atoms with Gasteiger partial charge in [0, 0.05) is 19.3 Å². The van der Waals surface area contributed by atoms with Crippen LogP contribution in [0.25, 0.3) is 0 Å². The van der Waals surface area contributed by atoms with Crippen molar-refractivity contribution in [3.63, 3.8) is 0 Å². The van der Waals surface area contributed by atoms with Crippen LogP contribution >= 0.6 is 0 Å². The second-order valence-corrected chi connectivity index (χ2v) is 15.7. The lowest BCUT2D eigenvalue weighted by Crippen LogP contribution is -2.30. The minimum Gasteiger partial charge on any atom is -0.462 e. The predicted octanol–water partition coefficient (Wildman–Crippen LogP) is 15.8. The van der Waals surface area contributed by atoms with E-state index in [0.29, 0.717) is 19.3 Å². The largest absolute Gasteiger partial charge is 0.462 e. The summed E-state index contributed by atoms with van der Waals surface area (Å²) in [6.07, 6.45) is 62.5. The van der Waals surface area contributed by atoms with Gasteiger partial charge in [-0.2, -0.15) is 0 Å². The highest BCUT2D eigenvalue weighted by Gasteiger charge is 2.19. The van der Waals surface area contributed by atoms with Gasteiger partial charge in [-0.05, 0) is 103 Å². The highest BCUT2D eigenvalue weighted by Crippen LogP contribution is 2.12. The van der Waals surface area contributed by atoms with Crippen LogP contribution in [0.15, 0.2) is 97.2 Å². The maximum absolute atomic E-state index is 12.8. The van der Waals surface area contributed by atoms with Crippen LogP contribution in [0, 0.1) is 0 Å². The molecule has 0 aliphatic carbocycles. The molecule has 1 unspecified atom stereocenters. The molecule has 0 N–H and O–H groups in total. The number of allylic oxidation sites excluding steroid dienone is 16. The normalized spacial score (nSPS) is 12.9. The Labute approximate surface area is 368 Å². The lowest BCUT2D eigenvalue weighted by Gasteiger charge is -2.18. The number of hydrogen-bond acceptors (Lipinski definition) is 6. The molecule has 6 nitrogen and oxygen atoms in total. The summed E-state index contributed by atoms with van der Waals surface area (Å²) in [6.45, 7) is 6.35. The van der Waals surface area contributed by atoms with Crippen molar-refractivity contribution in [3.8, 4) is 0 Å². The van der Waals surface area contributed by atoms with Crippen molar-refractivity contribution in [2.75, 3.05) is 13.2 Å². The number of rotatable bonds is 42. The second-order valence-electron chi connectivity index (χ2n) is 15.7. The van der Waals surface area contributed by atoms with Gasteiger partial charge in [0.1, 0.15) is 13.2 Å². The Bertz CT molecular complexity index is 1230. The van der Waals surface area contributed by atoms with Crippen LogP contribution in [-0.4, -0.2) is 37.2 Å². The fraction of sp³-hybridized carbons (Fsp3) is 0.648. The molecule has 1 atom stereocenters. The van der Waals surface area contributed by atoms with E-state index in [1.807, 2.05) is 0 Å². The molecule has 0 bridgehead atoms. The van der Waals surface area contributed by atoms with E-state index in [1.165, 1.54) is 64.2 Å². The molecule has 0 heterocycles. The molecular formula is C54H88O6. The van der Waals surface area contributed by atoms with E-state index in [-0.39, 0.29) is 37.5 Å². The van der Waals surface area contributed by atoms with Crippen LogP contribution in [0.5, 0.6) is 0 Å². The fourth-order valence-corrected chi connectivity index (χ4v) is 6.15. The Morgan fingerprint density at radius 1 is 0.367 bits per heavy atom. The van der Waals surface area contributed by atoms with E-state index in [2.05, 4.69) is 118 Å².